The number of ether oxygens (including phenoxy) is 1. The molecule has 0 aromatic rings. The zero-order valence-corrected chi connectivity index (χ0v) is 10.3. The normalized spacial score (nSPS) is 20.8. The minimum absolute atomic E-state index is 0.755. The van der Waals surface area contributed by atoms with Crippen LogP contribution in [0.3, 0.4) is 0 Å². The first kappa shape index (κ1) is 9.70. The topological polar surface area (TPSA) is 84.9 Å². The van der Waals surface area contributed by atoms with Crippen molar-refractivity contribution in [3.05, 3.63) is 0 Å². The second kappa shape index (κ2) is 6.44. The molecule has 17 heavy (non-hydrogen) atoms. The minimum Gasteiger partial charge on any atom is -0.444 e. The summed E-state index contributed by atoms with van der Waals surface area (Å²) in [6, 6.07) is -1.01. The van der Waals surface area contributed by atoms with E-state index in [9.17, 15) is 9.59 Å². The molecule has 6 heteroatoms. The highest BCUT2D eigenvalue weighted by atomic mass is 17.1. The van der Waals surface area contributed by atoms with E-state index < -0.39 is 42.9 Å². The Hall–Kier alpha value is -1.30. The maximum Gasteiger partial charge on any atom is 0.407 e. The molecule has 0 spiro atoms. The van der Waals surface area contributed by atoms with Crippen molar-refractivity contribution >= 4 is 12.1 Å². The van der Waals surface area contributed by atoms with E-state index in [1.165, 1.54) is 6.92 Å². The summed E-state index contributed by atoms with van der Waals surface area (Å²) in [5, 5.41) is 10.6. The van der Waals surface area contributed by atoms with Crippen LogP contribution < -0.4 is 5.32 Å². The van der Waals surface area contributed by atoms with Crippen LogP contribution in [-0.4, -0.2) is 29.0 Å². The monoisotopic (exact) mass is 251 g/mol. The fourth-order valence-electron chi connectivity index (χ4n) is 0.966. The lowest BCUT2D eigenvalue weighted by Gasteiger charge is -2.22. The Morgan fingerprint density at radius 3 is 2.53 bits per heavy atom. The number of carbonyl (C=O) groups excluding carboxylic acids is 2. The van der Waals surface area contributed by atoms with Gasteiger partial charge in [0.2, 0.25) is 0 Å². The van der Waals surface area contributed by atoms with E-state index in [2.05, 4.69) is 10.2 Å². The molecular formula is C11H21NO5. The molecule has 0 saturated carbocycles. The zero-order valence-electron chi connectivity index (χ0n) is 14.3. The van der Waals surface area contributed by atoms with Gasteiger partial charge in [-0.1, -0.05) is 6.85 Å². The molecule has 0 aliphatic carbocycles. The van der Waals surface area contributed by atoms with Crippen LogP contribution in [0.1, 0.15) is 46.4 Å². The van der Waals surface area contributed by atoms with Crippen LogP contribution in [0.4, 0.5) is 4.79 Å². The van der Waals surface area contributed by atoms with Crippen molar-refractivity contribution < 1.29 is 30.0 Å². The Kier molecular flexibility index (Phi) is 3.67. The molecule has 1 amide bonds. The number of amides is 1. The molecule has 100 valence electrons. The predicted molar refractivity (Wildman–Crippen MR) is 61.3 cm³/mol. The number of carbonyl (C=O) groups is 2. The maximum atomic E-state index is 11.6. The van der Waals surface area contributed by atoms with Gasteiger partial charge in [0.25, 0.3) is 0 Å². The third-order valence-corrected chi connectivity index (χ3v) is 1.57. The van der Waals surface area contributed by atoms with Gasteiger partial charge in [0.1, 0.15) is 5.60 Å². The lowest BCUT2D eigenvalue weighted by atomic mass is 10.0. The Labute approximate surface area is 107 Å². The molecule has 6 nitrogen and oxygen atoms in total. The molecule has 0 heterocycles. The van der Waals surface area contributed by atoms with Gasteiger partial charge in [0.15, 0.2) is 0 Å². The van der Waals surface area contributed by atoms with Crippen LogP contribution in [-0.2, 0) is 14.4 Å². The third kappa shape index (κ3) is 7.57. The van der Waals surface area contributed by atoms with Crippen molar-refractivity contribution in [1.82, 2.24) is 5.32 Å². The number of rotatable bonds is 4. The fourth-order valence-corrected chi connectivity index (χ4v) is 0.966. The van der Waals surface area contributed by atoms with Gasteiger partial charge in [0, 0.05) is 11.5 Å². The van der Waals surface area contributed by atoms with Crippen LogP contribution in [0.5, 0.6) is 0 Å². The van der Waals surface area contributed by atoms with Crippen LogP contribution in [0.2, 0.25) is 0 Å². The van der Waals surface area contributed by atoms with E-state index >= 15 is 0 Å². The standard InChI is InChI=1S/C11H21NO5/c1-7(9(13)17-15)6-8(2)12-10(14)16-11(3,4)5/h7-8,15H,6H2,1-5H3,(H,12,14)/t7-,8+/m0/s1/i1+0D3,6D/t6?,7-,8+. The Bertz CT molecular complexity index is 380. The van der Waals surface area contributed by atoms with Crippen LogP contribution >= 0.6 is 0 Å². The van der Waals surface area contributed by atoms with Gasteiger partial charge < -0.3 is 14.9 Å². The van der Waals surface area contributed by atoms with E-state index in [1.54, 1.807) is 20.8 Å². The predicted octanol–water partition coefficient (Wildman–Crippen LogP) is 1.94. The third-order valence-electron chi connectivity index (χ3n) is 1.57. The van der Waals surface area contributed by atoms with E-state index in [0.29, 0.717) is 0 Å². The van der Waals surface area contributed by atoms with Crippen LogP contribution in [0, 0.1) is 5.92 Å². The first-order valence-electron chi connectivity index (χ1n) is 7.14. The van der Waals surface area contributed by atoms with E-state index in [1.807, 2.05) is 0 Å². The molecule has 0 aliphatic rings. The van der Waals surface area contributed by atoms with Gasteiger partial charge in [0.05, 0.1) is 5.92 Å². The summed E-state index contributed by atoms with van der Waals surface area (Å²) in [4.78, 5) is 26.3. The van der Waals surface area contributed by atoms with Gasteiger partial charge in [-0.05, 0) is 34.1 Å². The summed E-state index contributed by atoms with van der Waals surface area (Å²) in [5.41, 5.74) is -0.755. The average Bonchev–Trinajstić information content (AvgIpc) is 2.23. The van der Waals surface area contributed by atoms with Crippen LogP contribution in [0.15, 0.2) is 0 Å². The lowest BCUT2D eigenvalue weighted by Crippen LogP contribution is -2.39. The first-order valence-corrected chi connectivity index (χ1v) is 5.06. The smallest absolute Gasteiger partial charge is 0.407 e. The van der Waals surface area contributed by atoms with Gasteiger partial charge in [-0.2, -0.15) is 5.26 Å². The number of alkyl carbamates (subject to hydrolysis) is 1. The van der Waals surface area contributed by atoms with Crippen molar-refractivity contribution in [2.45, 2.75) is 52.6 Å². The molecule has 0 saturated heterocycles. The van der Waals surface area contributed by atoms with Crippen molar-refractivity contribution in [3.63, 3.8) is 0 Å². The average molecular weight is 251 g/mol. The zero-order chi connectivity index (χ0) is 17.0. The molecule has 0 radical (unpaired) electrons. The number of nitrogens with one attached hydrogen (secondary N) is 1. The molecular weight excluding hydrogens is 226 g/mol. The van der Waals surface area contributed by atoms with Gasteiger partial charge in [-0.25, -0.2) is 9.59 Å². The highest BCUT2D eigenvalue weighted by Gasteiger charge is 2.21. The SMILES string of the molecule is [2H]C([C@@H](C(=O)OO)[12C]([2H])([2H])[2H])[C@@H](C)NC(=O)OC(C)(C)C. The molecule has 2 N–H and O–H groups in total. The fraction of sp³-hybridized carbons (Fsp3) is 0.818. The molecule has 0 fully saturated rings. The molecule has 0 bridgehead atoms. The summed E-state index contributed by atoms with van der Waals surface area (Å²) < 4.78 is 34.5. The Balaban J connectivity index is 4.91. The van der Waals surface area contributed by atoms with Gasteiger partial charge >= 0.3 is 12.1 Å². The molecule has 0 aromatic heterocycles. The summed E-state index contributed by atoms with van der Waals surface area (Å²) in [7, 11) is 0. The molecule has 1 unspecified atom stereocenters. The highest BCUT2D eigenvalue weighted by Crippen LogP contribution is 2.10. The second-order valence-electron chi connectivity index (χ2n) is 4.52. The second-order valence-corrected chi connectivity index (χ2v) is 4.52. The summed E-state index contributed by atoms with van der Waals surface area (Å²) in [6.45, 7) is 3.43. The molecule has 3 atom stereocenters. The lowest BCUT2D eigenvalue weighted by molar-refractivity contribution is -0.238. The molecule has 0 aliphatic heterocycles. The van der Waals surface area contributed by atoms with Crippen molar-refractivity contribution in [3.8, 4) is 0 Å². The van der Waals surface area contributed by atoms with Gasteiger partial charge in [-0.3, -0.25) is 0 Å². The summed E-state index contributed by atoms with van der Waals surface area (Å²) in [6.07, 6.45) is -2.39. The van der Waals surface area contributed by atoms with E-state index in [-0.39, 0.29) is 0 Å². The summed E-state index contributed by atoms with van der Waals surface area (Å²) in [5.74, 6) is -3.35. The van der Waals surface area contributed by atoms with Crippen molar-refractivity contribution in [2.75, 3.05) is 0 Å². The molecule has 0 rings (SSSR count). The Morgan fingerprint density at radius 1 is 1.53 bits per heavy atom. The van der Waals surface area contributed by atoms with E-state index in [4.69, 9.17) is 15.5 Å². The number of hydrogen-bond donors (Lipinski definition) is 2. The number of hydrogen-bond acceptors (Lipinski definition) is 5. The molecule has 0 aromatic carbocycles. The largest absolute Gasteiger partial charge is 0.444 e. The van der Waals surface area contributed by atoms with E-state index in [0.717, 1.165) is 0 Å². The summed E-state index contributed by atoms with van der Waals surface area (Å²) >= 11 is 0. The van der Waals surface area contributed by atoms with Crippen molar-refractivity contribution in [1.29, 1.82) is 0 Å². The quantitative estimate of drug-likeness (QED) is 0.589. The maximum absolute atomic E-state index is 11.6. The van der Waals surface area contributed by atoms with Gasteiger partial charge in [-0.15, -0.1) is 0 Å². The van der Waals surface area contributed by atoms with Crippen LogP contribution in [0.25, 0.3) is 0 Å². The first-order chi connectivity index (χ1) is 9.29. The van der Waals surface area contributed by atoms with Crippen molar-refractivity contribution in [2.24, 2.45) is 5.92 Å². The Morgan fingerprint density at radius 2 is 2.12 bits per heavy atom. The minimum atomic E-state index is -2.85. The highest BCUT2D eigenvalue weighted by molar-refractivity contribution is 5.71.